The van der Waals surface area contributed by atoms with Crippen molar-refractivity contribution in [3.8, 4) is 0 Å². The molecule has 0 spiro atoms. The number of rotatable bonds is 3. The minimum Gasteiger partial charge on any atom is -0.381 e. The predicted octanol–water partition coefficient (Wildman–Crippen LogP) is 5.09. The molecule has 0 bridgehead atoms. The first-order valence-electron chi connectivity index (χ1n) is 10.9. The van der Waals surface area contributed by atoms with Crippen LogP contribution >= 0.6 is 11.3 Å². The highest BCUT2D eigenvalue weighted by Gasteiger charge is 2.24. The number of thiophene rings is 1. The molecule has 0 radical (unpaired) electrons. The van der Waals surface area contributed by atoms with Gasteiger partial charge in [0.2, 0.25) is 0 Å². The van der Waals surface area contributed by atoms with E-state index in [0.29, 0.717) is 6.04 Å². The second-order valence-electron chi connectivity index (χ2n) is 8.59. The molecule has 2 aliphatic rings. The van der Waals surface area contributed by atoms with Gasteiger partial charge in [-0.3, -0.25) is 9.36 Å². The zero-order valence-corrected chi connectivity index (χ0v) is 17.6. The van der Waals surface area contributed by atoms with Crippen LogP contribution in [-0.2, 0) is 12.8 Å². The zero-order chi connectivity index (χ0) is 20.1. The van der Waals surface area contributed by atoms with E-state index in [-0.39, 0.29) is 11.6 Å². The van der Waals surface area contributed by atoms with Gasteiger partial charge in [0.05, 0.1) is 17.2 Å². The number of hydrogen-bond acceptors (Lipinski definition) is 5. The number of pyridine rings is 1. The Balaban J connectivity index is 1.40. The third kappa shape index (κ3) is 2.93. The molecule has 152 valence electrons. The Morgan fingerprint density at radius 1 is 1.00 bits per heavy atom. The number of hydrogen-bond donors (Lipinski definition) is 1. The summed E-state index contributed by atoms with van der Waals surface area (Å²) in [5, 5.41) is 4.71. The smallest absolute Gasteiger partial charge is 0.271 e. The van der Waals surface area contributed by atoms with E-state index in [1.807, 2.05) is 16.8 Å². The summed E-state index contributed by atoms with van der Waals surface area (Å²) < 4.78 is 2.60. The van der Waals surface area contributed by atoms with Gasteiger partial charge < -0.3 is 5.32 Å². The maximum absolute atomic E-state index is 13.3. The van der Waals surface area contributed by atoms with Crippen LogP contribution < -0.4 is 10.9 Å². The molecular formula is C24H24N4OS. The third-order valence-corrected chi connectivity index (χ3v) is 7.76. The molecule has 3 heterocycles. The molecule has 3 aromatic heterocycles. The lowest BCUT2D eigenvalue weighted by Gasteiger charge is -2.23. The summed E-state index contributed by atoms with van der Waals surface area (Å²) >= 11 is 1.48. The summed E-state index contributed by atoms with van der Waals surface area (Å²) in [4.78, 5) is 23.5. The number of nitrogens with zero attached hydrogens (tertiary/aromatic N) is 3. The summed E-state index contributed by atoms with van der Waals surface area (Å²) in [7, 11) is 0. The van der Waals surface area contributed by atoms with Gasteiger partial charge in [-0.2, -0.15) is 0 Å². The molecule has 1 saturated carbocycles. The summed E-state index contributed by atoms with van der Waals surface area (Å²) in [5.74, 6) is 0. The minimum absolute atomic E-state index is 0.0918. The number of anilines is 1. The van der Waals surface area contributed by atoms with Crippen molar-refractivity contribution < 1.29 is 0 Å². The van der Waals surface area contributed by atoms with Crippen molar-refractivity contribution in [1.82, 2.24) is 14.5 Å². The van der Waals surface area contributed by atoms with Crippen LogP contribution in [0.25, 0.3) is 20.4 Å². The highest BCUT2D eigenvalue weighted by Crippen LogP contribution is 2.36. The average molecular weight is 417 g/mol. The number of nitrogens with one attached hydrogen (secondary N) is 1. The van der Waals surface area contributed by atoms with Gasteiger partial charge in [-0.15, -0.1) is 11.3 Å². The lowest BCUT2D eigenvalue weighted by Crippen LogP contribution is -2.26. The molecule has 0 atom stereocenters. The largest absolute Gasteiger partial charge is 0.381 e. The summed E-state index contributed by atoms with van der Waals surface area (Å²) in [6.45, 7) is 0. The van der Waals surface area contributed by atoms with Gasteiger partial charge in [0, 0.05) is 24.0 Å². The van der Waals surface area contributed by atoms with Crippen LogP contribution in [-0.4, -0.2) is 20.6 Å². The Morgan fingerprint density at radius 2 is 1.77 bits per heavy atom. The van der Waals surface area contributed by atoms with Crippen LogP contribution in [0.5, 0.6) is 0 Å². The first-order valence-corrected chi connectivity index (χ1v) is 11.7. The molecule has 6 heteroatoms. The highest BCUT2D eigenvalue weighted by atomic mass is 32.1. The number of aromatic nitrogens is 3. The van der Waals surface area contributed by atoms with Gasteiger partial charge in [-0.05, 0) is 42.9 Å². The molecule has 5 nitrogen and oxygen atoms in total. The predicted molar refractivity (Wildman–Crippen MR) is 123 cm³/mol. The summed E-state index contributed by atoms with van der Waals surface area (Å²) in [6.07, 6.45) is 11.5. The number of benzene rings is 1. The maximum Gasteiger partial charge on any atom is 0.271 e. The summed E-state index contributed by atoms with van der Waals surface area (Å²) in [5.41, 5.74) is 4.76. The standard InChI is InChI=1S/C24H24N4OS/c29-24-22-21(26-14-28(24)18-8-2-1-3-9-18)20-19(10-11-25-23(20)30-22)27-17-12-15-6-4-5-7-16(15)13-17/h4-7,10-11,14,17-18H,1-3,8-9,12-13H2,(H,25,27). The fourth-order valence-electron chi connectivity index (χ4n) is 5.19. The Bertz CT molecular complexity index is 1280. The normalized spacial score (nSPS) is 17.6. The van der Waals surface area contributed by atoms with Crippen LogP contribution in [0, 0.1) is 0 Å². The van der Waals surface area contributed by atoms with Gasteiger partial charge in [-0.25, -0.2) is 9.97 Å². The van der Waals surface area contributed by atoms with Crippen LogP contribution in [0.15, 0.2) is 47.7 Å². The van der Waals surface area contributed by atoms with Crippen LogP contribution in [0.1, 0.15) is 49.3 Å². The van der Waals surface area contributed by atoms with Crippen molar-refractivity contribution in [2.45, 2.75) is 57.0 Å². The van der Waals surface area contributed by atoms with Crippen molar-refractivity contribution in [3.05, 3.63) is 64.3 Å². The molecule has 0 aliphatic heterocycles. The minimum atomic E-state index is 0.0918. The van der Waals surface area contributed by atoms with Crippen molar-refractivity contribution in [2.24, 2.45) is 0 Å². The first kappa shape index (κ1) is 18.1. The van der Waals surface area contributed by atoms with E-state index in [1.165, 1.54) is 41.7 Å². The maximum atomic E-state index is 13.3. The topological polar surface area (TPSA) is 59.8 Å². The van der Waals surface area contributed by atoms with Crippen LogP contribution in [0.3, 0.4) is 0 Å². The molecule has 1 N–H and O–H groups in total. The Morgan fingerprint density at radius 3 is 2.53 bits per heavy atom. The second-order valence-corrected chi connectivity index (χ2v) is 9.58. The van der Waals surface area contributed by atoms with E-state index in [2.05, 4.69) is 34.6 Å². The Kier molecular flexibility index (Phi) is 4.34. The van der Waals surface area contributed by atoms with Gasteiger partial charge in [0.25, 0.3) is 5.56 Å². The quantitative estimate of drug-likeness (QED) is 0.505. The average Bonchev–Trinajstić information content (AvgIpc) is 3.36. The van der Waals surface area contributed by atoms with Gasteiger partial charge in [0.1, 0.15) is 9.53 Å². The molecule has 0 amide bonds. The molecule has 0 unspecified atom stereocenters. The van der Waals surface area contributed by atoms with Crippen molar-refractivity contribution in [2.75, 3.05) is 5.32 Å². The van der Waals surface area contributed by atoms with Crippen molar-refractivity contribution in [3.63, 3.8) is 0 Å². The molecule has 1 fully saturated rings. The van der Waals surface area contributed by atoms with Crippen LogP contribution in [0.4, 0.5) is 5.69 Å². The SMILES string of the molecule is O=c1c2sc3nccc(NC4Cc5ccccc5C4)c3c2ncn1C1CCCCC1. The van der Waals surface area contributed by atoms with E-state index < -0.39 is 0 Å². The molecule has 1 aromatic carbocycles. The van der Waals surface area contributed by atoms with Crippen molar-refractivity contribution >= 4 is 37.5 Å². The van der Waals surface area contributed by atoms with Gasteiger partial charge >= 0.3 is 0 Å². The monoisotopic (exact) mass is 416 g/mol. The fourth-order valence-corrected chi connectivity index (χ4v) is 6.25. The molecule has 30 heavy (non-hydrogen) atoms. The lowest BCUT2D eigenvalue weighted by molar-refractivity contribution is 0.345. The van der Waals surface area contributed by atoms with E-state index >= 15 is 0 Å². The molecule has 0 saturated heterocycles. The molecular weight excluding hydrogens is 392 g/mol. The van der Waals surface area contributed by atoms with E-state index in [1.54, 1.807) is 6.33 Å². The molecule has 4 aromatic rings. The van der Waals surface area contributed by atoms with Gasteiger partial charge in [-0.1, -0.05) is 43.5 Å². The van der Waals surface area contributed by atoms with Crippen molar-refractivity contribution in [1.29, 1.82) is 0 Å². The first-order chi connectivity index (χ1) is 14.8. The fraction of sp³-hybridized carbons (Fsp3) is 0.375. The molecule has 6 rings (SSSR count). The number of fused-ring (bicyclic) bond motifs is 4. The molecule has 2 aliphatic carbocycles. The second kappa shape index (κ2) is 7.20. The Hall–Kier alpha value is -2.73. The lowest BCUT2D eigenvalue weighted by atomic mass is 9.95. The Labute approximate surface area is 178 Å². The highest BCUT2D eigenvalue weighted by molar-refractivity contribution is 7.25. The van der Waals surface area contributed by atoms with Crippen LogP contribution in [0.2, 0.25) is 0 Å². The van der Waals surface area contributed by atoms with Gasteiger partial charge in [0.15, 0.2) is 0 Å². The summed E-state index contributed by atoms with van der Waals surface area (Å²) in [6, 6.07) is 11.3. The third-order valence-electron chi connectivity index (χ3n) is 6.69. The van der Waals surface area contributed by atoms with E-state index in [4.69, 9.17) is 4.98 Å². The zero-order valence-electron chi connectivity index (χ0n) is 16.8. The van der Waals surface area contributed by atoms with E-state index in [0.717, 1.165) is 51.8 Å². The van der Waals surface area contributed by atoms with E-state index in [9.17, 15) is 4.79 Å².